The summed E-state index contributed by atoms with van der Waals surface area (Å²) in [6.07, 6.45) is 11.7. The fourth-order valence-electron chi connectivity index (χ4n) is 6.42. The molecule has 0 atom stereocenters. The van der Waals surface area contributed by atoms with Crippen LogP contribution in [-0.4, -0.2) is 29.3 Å². The molecule has 0 amide bonds. The lowest BCUT2D eigenvalue weighted by molar-refractivity contribution is 0.999. The number of pyridine rings is 2. The molecule has 0 saturated heterocycles. The Bertz CT molecular complexity index is 2330. The second-order valence-electron chi connectivity index (χ2n) is 11.7. The quantitative estimate of drug-likeness (QED) is 0.156. The SMILES string of the molecule is C/C=C\C=C(/C)N(c1ccc(-n2c3ccccc3c3ccccc32)cc1)c1ccc(-n2c(-c3ccccc3)nnc2-c2cccnc2)nc1. The molecule has 7 nitrogen and oxygen atoms in total. The molecule has 0 spiro atoms. The molecule has 0 unspecified atom stereocenters. The second kappa shape index (κ2) is 12.9. The molecule has 4 aromatic carbocycles. The van der Waals surface area contributed by atoms with Gasteiger partial charge in [-0.25, -0.2) is 4.98 Å². The standard InChI is InChI=1S/C42H33N7/c1-3-4-13-30(2)47(33-21-23-34(24-22-33)48-38-19-10-8-17-36(38)37-18-9-11-20-39(37)48)35-25-26-40(44-29-35)49-41(31-14-6-5-7-15-31)45-46-42(49)32-16-12-27-43-28-32/h3-29H,1-2H3/b4-3-,30-13+. The number of nitrogens with zero attached hydrogens (tertiary/aromatic N) is 7. The van der Waals surface area contributed by atoms with Crippen molar-refractivity contribution in [1.29, 1.82) is 0 Å². The van der Waals surface area contributed by atoms with E-state index < -0.39 is 0 Å². The van der Waals surface area contributed by atoms with E-state index in [-0.39, 0.29) is 0 Å². The largest absolute Gasteiger partial charge is 0.313 e. The average Bonchev–Trinajstić information content (AvgIpc) is 3.76. The molecule has 8 rings (SSSR count). The van der Waals surface area contributed by atoms with Crippen LogP contribution in [0.5, 0.6) is 0 Å². The monoisotopic (exact) mass is 635 g/mol. The first-order valence-electron chi connectivity index (χ1n) is 16.3. The first kappa shape index (κ1) is 29.8. The molecular weight excluding hydrogens is 603 g/mol. The fraction of sp³-hybridized carbons (Fsp3) is 0.0476. The van der Waals surface area contributed by atoms with E-state index in [1.54, 1.807) is 12.4 Å². The highest BCUT2D eigenvalue weighted by molar-refractivity contribution is 6.09. The molecule has 8 aromatic rings. The molecule has 0 aliphatic heterocycles. The van der Waals surface area contributed by atoms with E-state index in [2.05, 4.69) is 123 Å². The summed E-state index contributed by atoms with van der Waals surface area (Å²) in [4.78, 5) is 11.5. The van der Waals surface area contributed by atoms with Crippen molar-refractivity contribution >= 4 is 33.2 Å². The highest BCUT2D eigenvalue weighted by atomic mass is 15.3. The first-order valence-corrected chi connectivity index (χ1v) is 16.3. The van der Waals surface area contributed by atoms with Crippen LogP contribution in [0, 0.1) is 0 Å². The van der Waals surface area contributed by atoms with Gasteiger partial charge in [0.1, 0.15) is 5.82 Å². The Morgan fingerprint density at radius 2 is 1.24 bits per heavy atom. The maximum absolute atomic E-state index is 5.00. The summed E-state index contributed by atoms with van der Waals surface area (Å²) in [6, 6.07) is 43.9. The summed E-state index contributed by atoms with van der Waals surface area (Å²) in [5.74, 6) is 2.10. The maximum atomic E-state index is 5.00. The number of hydrogen-bond acceptors (Lipinski definition) is 5. The summed E-state index contributed by atoms with van der Waals surface area (Å²) in [7, 11) is 0. The molecule has 4 aromatic heterocycles. The zero-order valence-corrected chi connectivity index (χ0v) is 27.2. The van der Waals surface area contributed by atoms with Crippen LogP contribution < -0.4 is 4.90 Å². The van der Waals surface area contributed by atoms with Crippen molar-refractivity contribution in [2.24, 2.45) is 0 Å². The van der Waals surface area contributed by atoms with Gasteiger partial charge in [-0.05, 0) is 80.6 Å². The third-order valence-corrected chi connectivity index (χ3v) is 8.66. The molecule has 0 aliphatic rings. The van der Waals surface area contributed by atoms with Crippen LogP contribution in [0.1, 0.15) is 13.8 Å². The predicted octanol–water partition coefficient (Wildman–Crippen LogP) is 10.1. The van der Waals surface area contributed by atoms with Gasteiger partial charge in [0.2, 0.25) is 0 Å². The fourth-order valence-corrected chi connectivity index (χ4v) is 6.42. The minimum absolute atomic E-state index is 0.675. The molecule has 0 bridgehead atoms. The van der Waals surface area contributed by atoms with Crippen LogP contribution in [0.4, 0.5) is 11.4 Å². The molecule has 49 heavy (non-hydrogen) atoms. The molecule has 0 saturated carbocycles. The van der Waals surface area contributed by atoms with Gasteiger partial charge in [-0.1, -0.05) is 78.9 Å². The van der Waals surface area contributed by atoms with Crippen molar-refractivity contribution in [3.05, 3.63) is 170 Å². The highest BCUT2D eigenvalue weighted by Crippen LogP contribution is 2.35. The summed E-state index contributed by atoms with van der Waals surface area (Å²) >= 11 is 0. The zero-order valence-electron chi connectivity index (χ0n) is 27.2. The van der Waals surface area contributed by atoms with Gasteiger partial charge in [0.15, 0.2) is 11.6 Å². The highest BCUT2D eigenvalue weighted by Gasteiger charge is 2.20. The van der Waals surface area contributed by atoms with Crippen molar-refractivity contribution in [3.8, 4) is 34.3 Å². The Labute approximate surface area is 284 Å². The topological polar surface area (TPSA) is 64.7 Å². The second-order valence-corrected chi connectivity index (χ2v) is 11.7. The van der Waals surface area contributed by atoms with Gasteiger partial charge >= 0.3 is 0 Å². The molecule has 4 heterocycles. The number of rotatable bonds is 8. The van der Waals surface area contributed by atoms with Gasteiger partial charge in [0.25, 0.3) is 0 Å². The van der Waals surface area contributed by atoms with E-state index in [9.17, 15) is 0 Å². The van der Waals surface area contributed by atoms with Crippen LogP contribution >= 0.6 is 0 Å². The van der Waals surface area contributed by atoms with Crippen molar-refractivity contribution in [3.63, 3.8) is 0 Å². The number of anilines is 2. The number of benzene rings is 4. The van der Waals surface area contributed by atoms with Crippen LogP contribution in [0.15, 0.2) is 170 Å². The van der Waals surface area contributed by atoms with Crippen molar-refractivity contribution in [2.45, 2.75) is 13.8 Å². The number of fused-ring (bicyclic) bond motifs is 3. The smallest absolute Gasteiger partial charge is 0.171 e. The third kappa shape index (κ3) is 5.47. The Morgan fingerprint density at radius 1 is 0.612 bits per heavy atom. The Morgan fingerprint density at radius 3 is 1.88 bits per heavy atom. The number of aromatic nitrogens is 6. The van der Waals surface area contributed by atoms with Crippen LogP contribution in [0.3, 0.4) is 0 Å². The number of para-hydroxylation sites is 2. The summed E-state index contributed by atoms with van der Waals surface area (Å²) in [6.45, 7) is 4.14. The Hall–Kier alpha value is -6.60. The minimum atomic E-state index is 0.675. The van der Waals surface area contributed by atoms with Crippen molar-refractivity contribution < 1.29 is 0 Å². The Balaban J connectivity index is 1.21. The van der Waals surface area contributed by atoms with Crippen LogP contribution in [0.25, 0.3) is 56.1 Å². The first-order chi connectivity index (χ1) is 24.2. The lowest BCUT2D eigenvalue weighted by Gasteiger charge is -2.26. The van der Waals surface area contributed by atoms with E-state index in [1.807, 2.05) is 72.3 Å². The molecule has 0 N–H and O–H groups in total. The molecule has 0 aliphatic carbocycles. The van der Waals surface area contributed by atoms with Crippen molar-refractivity contribution in [1.82, 2.24) is 29.3 Å². The van der Waals surface area contributed by atoms with E-state index in [4.69, 9.17) is 4.98 Å². The summed E-state index contributed by atoms with van der Waals surface area (Å²) < 4.78 is 4.32. The van der Waals surface area contributed by atoms with E-state index in [0.29, 0.717) is 17.5 Å². The maximum Gasteiger partial charge on any atom is 0.171 e. The normalized spacial score (nSPS) is 11.9. The number of hydrogen-bond donors (Lipinski definition) is 0. The third-order valence-electron chi connectivity index (χ3n) is 8.66. The van der Waals surface area contributed by atoms with Gasteiger partial charge in [-0.3, -0.25) is 9.55 Å². The minimum Gasteiger partial charge on any atom is -0.313 e. The molecule has 0 radical (unpaired) electrons. The number of allylic oxidation sites excluding steroid dienone is 4. The van der Waals surface area contributed by atoms with E-state index in [0.717, 1.165) is 33.9 Å². The lowest BCUT2D eigenvalue weighted by atomic mass is 10.2. The lowest BCUT2D eigenvalue weighted by Crippen LogP contribution is -2.15. The van der Waals surface area contributed by atoms with Gasteiger partial charge in [0, 0.05) is 51.4 Å². The molecule has 236 valence electrons. The van der Waals surface area contributed by atoms with Gasteiger partial charge in [-0.15, -0.1) is 10.2 Å². The van der Waals surface area contributed by atoms with Gasteiger partial charge in [-0.2, -0.15) is 0 Å². The van der Waals surface area contributed by atoms with Crippen molar-refractivity contribution in [2.75, 3.05) is 4.90 Å². The van der Waals surface area contributed by atoms with Crippen LogP contribution in [-0.2, 0) is 0 Å². The van der Waals surface area contributed by atoms with Gasteiger partial charge < -0.3 is 9.47 Å². The molecule has 7 heteroatoms. The van der Waals surface area contributed by atoms with Crippen LogP contribution in [0.2, 0.25) is 0 Å². The predicted molar refractivity (Wildman–Crippen MR) is 199 cm³/mol. The van der Waals surface area contributed by atoms with Gasteiger partial charge in [0.05, 0.1) is 22.9 Å². The summed E-state index contributed by atoms with van der Waals surface area (Å²) in [5, 5.41) is 11.7. The van der Waals surface area contributed by atoms with E-state index in [1.165, 1.54) is 21.8 Å². The Kier molecular flexibility index (Phi) is 7.83. The van der Waals surface area contributed by atoms with E-state index >= 15 is 0 Å². The summed E-state index contributed by atoms with van der Waals surface area (Å²) in [5.41, 5.74) is 8.31. The molecule has 0 fully saturated rings. The zero-order chi connectivity index (χ0) is 33.2. The molecular formula is C42H33N7. The average molecular weight is 636 g/mol.